The van der Waals surface area contributed by atoms with Crippen molar-refractivity contribution in [3.05, 3.63) is 35.4 Å². The van der Waals surface area contributed by atoms with Gasteiger partial charge in [-0.2, -0.15) is 13.2 Å². The van der Waals surface area contributed by atoms with Gasteiger partial charge in [-0.3, -0.25) is 9.69 Å². The van der Waals surface area contributed by atoms with Crippen molar-refractivity contribution in [1.29, 1.82) is 0 Å². The van der Waals surface area contributed by atoms with Gasteiger partial charge in [-0.25, -0.2) is 8.78 Å². The molecule has 1 amide bonds. The second kappa shape index (κ2) is 8.60. The number of hydrogen-bond donors (Lipinski definition) is 1. The molecule has 140 valence electrons. The maximum absolute atomic E-state index is 12.5. The molecule has 1 heterocycles. The fourth-order valence-corrected chi connectivity index (χ4v) is 2.93. The molecule has 0 bridgehead atoms. The third kappa shape index (κ3) is 6.61. The standard InChI is InChI=1S/C17H21F5N2O/c18-15(19)10-23-16(25)9-12-5-7-24(8-6-12)11-13-1-3-14(4-2-13)17(20,21)22/h1-4,12,15H,5-11H2,(H,23,25). The van der Waals surface area contributed by atoms with Crippen LogP contribution in [0, 0.1) is 5.92 Å². The van der Waals surface area contributed by atoms with E-state index in [4.69, 9.17) is 0 Å². The van der Waals surface area contributed by atoms with Crippen molar-refractivity contribution in [3.63, 3.8) is 0 Å². The summed E-state index contributed by atoms with van der Waals surface area (Å²) >= 11 is 0. The topological polar surface area (TPSA) is 32.3 Å². The predicted octanol–water partition coefficient (Wildman–Crippen LogP) is 3.69. The first kappa shape index (κ1) is 19.6. The monoisotopic (exact) mass is 364 g/mol. The normalized spacial score (nSPS) is 17.0. The van der Waals surface area contributed by atoms with Crippen LogP contribution in [0.4, 0.5) is 22.0 Å². The Bertz CT molecular complexity index is 551. The third-order valence-corrected chi connectivity index (χ3v) is 4.32. The van der Waals surface area contributed by atoms with Gasteiger partial charge in [0.15, 0.2) is 0 Å². The van der Waals surface area contributed by atoms with Crippen molar-refractivity contribution < 1.29 is 26.7 Å². The molecule has 0 aliphatic carbocycles. The first-order chi connectivity index (χ1) is 11.7. The Morgan fingerprint density at radius 3 is 2.28 bits per heavy atom. The minimum Gasteiger partial charge on any atom is -0.350 e. The van der Waals surface area contributed by atoms with Crippen LogP contribution in [0.15, 0.2) is 24.3 Å². The highest BCUT2D eigenvalue weighted by molar-refractivity contribution is 5.76. The number of likely N-dealkylation sites (tertiary alicyclic amines) is 1. The molecule has 1 fully saturated rings. The molecule has 0 saturated carbocycles. The summed E-state index contributed by atoms with van der Waals surface area (Å²) in [4.78, 5) is 13.7. The maximum atomic E-state index is 12.5. The van der Waals surface area contributed by atoms with E-state index >= 15 is 0 Å². The van der Waals surface area contributed by atoms with Crippen LogP contribution >= 0.6 is 0 Å². The molecule has 1 aromatic rings. The zero-order chi connectivity index (χ0) is 18.4. The van der Waals surface area contributed by atoms with E-state index in [2.05, 4.69) is 10.2 Å². The van der Waals surface area contributed by atoms with Gasteiger partial charge < -0.3 is 5.32 Å². The van der Waals surface area contributed by atoms with Gasteiger partial charge in [0.25, 0.3) is 6.43 Å². The summed E-state index contributed by atoms with van der Waals surface area (Å²) in [5.41, 5.74) is 0.144. The van der Waals surface area contributed by atoms with Crippen molar-refractivity contribution in [2.45, 2.75) is 38.4 Å². The second-order valence-electron chi connectivity index (χ2n) is 6.31. The van der Waals surface area contributed by atoms with E-state index in [9.17, 15) is 26.7 Å². The summed E-state index contributed by atoms with van der Waals surface area (Å²) in [6.07, 6.45) is -5.11. The lowest BCUT2D eigenvalue weighted by molar-refractivity contribution is -0.137. The van der Waals surface area contributed by atoms with Crippen molar-refractivity contribution in [2.24, 2.45) is 5.92 Å². The Balaban J connectivity index is 1.74. The summed E-state index contributed by atoms with van der Waals surface area (Å²) in [6.45, 7) is 1.40. The molecule has 1 saturated heterocycles. The predicted molar refractivity (Wildman–Crippen MR) is 83.1 cm³/mol. The van der Waals surface area contributed by atoms with Gasteiger partial charge in [-0.15, -0.1) is 0 Å². The summed E-state index contributed by atoms with van der Waals surface area (Å²) < 4.78 is 61.7. The molecular weight excluding hydrogens is 343 g/mol. The first-order valence-corrected chi connectivity index (χ1v) is 8.17. The van der Waals surface area contributed by atoms with Gasteiger partial charge in [-0.1, -0.05) is 12.1 Å². The molecule has 1 N–H and O–H groups in total. The van der Waals surface area contributed by atoms with Gasteiger partial charge in [0.1, 0.15) is 0 Å². The van der Waals surface area contributed by atoms with Gasteiger partial charge in [0, 0.05) is 13.0 Å². The zero-order valence-electron chi connectivity index (χ0n) is 13.7. The first-order valence-electron chi connectivity index (χ1n) is 8.17. The Hall–Kier alpha value is -1.70. The number of rotatable bonds is 6. The maximum Gasteiger partial charge on any atom is 0.416 e. The number of halogens is 5. The Morgan fingerprint density at radius 1 is 1.16 bits per heavy atom. The van der Waals surface area contributed by atoms with E-state index in [1.807, 2.05) is 0 Å². The van der Waals surface area contributed by atoms with Gasteiger partial charge >= 0.3 is 6.18 Å². The molecule has 25 heavy (non-hydrogen) atoms. The van der Waals surface area contributed by atoms with E-state index in [0.717, 1.165) is 43.6 Å². The van der Waals surface area contributed by atoms with Crippen molar-refractivity contribution in [1.82, 2.24) is 10.2 Å². The Labute approximate surface area is 143 Å². The fraction of sp³-hybridized carbons (Fsp3) is 0.588. The lowest BCUT2D eigenvalue weighted by Crippen LogP contribution is -2.36. The van der Waals surface area contributed by atoms with Gasteiger partial charge in [0.05, 0.1) is 12.1 Å². The molecule has 8 heteroatoms. The van der Waals surface area contributed by atoms with Crippen molar-refractivity contribution >= 4 is 5.91 Å². The fourth-order valence-electron chi connectivity index (χ4n) is 2.93. The third-order valence-electron chi connectivity index (χ3n) is 4.32. The number of carbonyl (C=O) groups is 1. The van der Waals surface area contributed by atoms with E-state index in [0.29, 0.717) is 6.54 Å². The van der Waals surface area contributed by atoms with Crippen molar-refractivity contribution in [3.8, 4) is 0 Å². The lowest BCUT2D eigenvalue weighted by atomic mass is 9.93. The molecule has 0 spiro atoms. The molecule has 1 aromatic carbocycles. The lowest BCUT2D eigenvalue weighted by Gasteiger charge is -2.31. The van der Waals surface area contributed by atoms with Gasteiger partial charge in [0.2, 0.25) is 5.91 Å². The van der Waals surface area contributed by atoms with Crippen LogP contribution in [0.3, 0.4) is 0 Å². The number of alkyl halides is 5. The molecular formula is C17H21F5N2O. The average molecular weight is 364 g/mol. The largest absolute Gasteiger partial charge is 0.416 e. The number of nitrogens with one attached hydrogen (secondary N) is 1. The summed E-state index contributed by atoms with van der Waals surface area (Å²) in [5.74, 6) is -0.206. The molecule has 1 aliphatic heterocycles. The van der Waals surface area contributed by atoms with E-state index in [1.165, 1.54) is 12.1 Å². The number of carbonyl (C=O) groups excluding carboxylic acids is 1. The van der Waals surface area contributed by atoms with Crippen LogP contribution in [0.1, 0.15) is 30.4 Å². The number of piperidine rings is 1. The quantitative estimate of drug-likeness (QED) is 0.781. The van der Waals surface area contributed by atoms with Crippen LogP contribution in [0.25, 0.3) is 0 Å². The van der Waals surface area contributed by atoms with Crippen LogP contribution < -0.4 is 5.32 Å². The van der Waals surface area contributed by atoms with Crippen LogP contribution in [-0.2, 0) is 17.5 Å². The average Bonchev–Trinajstić information content (AvgIpc) is 2.54. The molecule has 0 atom stereocenters. The molecule has 2 rings (SSSR count). The number of hydrogen-bond acceptors (Lipinski definition) is 2. The van der Waals surface area contributed by atoms with Crippen LogP contribution in [0.2, 0.25) is 0 Å². The van der Waals surface area contributed by atoms with E-state index < -0.39 is 24.7 Å². The summed E-state index contributed by atoms with van der Waals surface area (Å²) in [6, 6.07) is 5.12. The van der Waals surface area contributed by atoms with E-state index in [-0.39, 0.29) is 18.2 Å². The molecule has 1 aliphatic rings. The van der Waals surface area contributed by atoms with E-state index in [1.54, 1.807) is 0 Å². The summed E-state index contributed by atoms with van der Waals surface area (Å²) in [7, 11) is 0. The molecule has 0 radical (unpaired) electrons. The summed E-state index contributed by atoms with van der Waals surface area (Å²) in [5, 5.41) is 2.20. The number of amides is 1. The highest BCUT2D eigenvalue weighted by Gasteiger charge is 2.30. The van der Waals surface area contributed by atoms with Crippen LogP contribution in [0.5, 0.6) is 0 Å². The number of nitrogens with zero attached hydrogens (tertiary/aromatic N) is 1. The Kier molecular flexibility index (Phi) is 6.75. The second-order valence-corrected chi connectivity index (χ2v) is 6.31. The highest BCUT2D eigenvalue weighted by Crippen LogP contribution is 2.29. The number of benzene rings is 1. The molecule has 0 aromatic heterocycles. The van der Waals surface area contributed by atoms with Crippen LogP contribution in [-0.4, -0.2) is 36.9 Å². The minimum atomic E-state index is -4.33. The highest BCUT2D eigenvalue weighted by atomic mass is 19.4. The molecule has 3 nitrogen and oxygen atoms in total. The van der Waals surface area contributed by atoms with Gasteiger partial charge in [-0.05, 0) is 49.5 Å². The SMILES string of the molecule is O=C(CC1CCN(Cc2ccc(C(F)(F)F)cc2)CC1)NCC(F)F. The zero-order valence-corrected chi connectivity index (χ0v) is 13.7. The minimum absolute atomic E-state index is 0.154. The smallest absolute Gasteiger partial charge is 0.350 e. The van der Waals surface area contributed by atoms with Crippen molar-refractivity contribution in [2.75, 3.05) is 19.6 Å². The Morgan fingerprint density at radius 2 is 1.76 bits per heavy atom. The molecule has 0 unspecified atom stereocenters.